The number of piperidine rings is 1. The van der Waals surface area contributed by atoms with E-state index >= 15 is 0 Å². The number of aliphatic hydroxyl groups is 1. The molecular formula is C33H42N6O2S. The van der Waals surface area contributed by atoms with Crippen molar-refractivity contribution in [2.45, 2.75) is 71.4 Å². The second-order valence-corrected chi connectivity index (χ2v) is 14.1. The van der Waals surface area contributed by atoms with E-state index in [1.807, 2.05) is 17.8 Å². The highest BCUT2D eigenvalue weighted by Crippen LogP contribution is 2.38. The van der Waals surface area contributed by atoms with Gasteiger partial charge in [0.1, 0.15) is 10.3 Å². The van der Waals surface area contributed by atoms with Gasteiger partial charge in [-0.05, 0) is 78.7 Å². The molecule has 3 aromatic heterocycles. The van der Waals surface area contributed by atoms with Crippen LogP contribution in [-0.4, -0.2) is 61.4 Å². The Morgan fingerprint density at radius 3 is 2.57 bits per heavy atom. The van der Waals surface area contributed by atoms with Gasteiger partial charge in [-0.2, -0.15) is 5.10 Å². The number of carbonyl (C=O) groups excluding carboxylic acids is 1. The molecular weight excluding hydrogens is 544 g/mol. The molecule has 0 unspecified atom stereocenters. The van der Waals surface area contributed by atoms with E-state index in [0.29, 0.717) is 10.9 Å². The number of pyridine rings is 1. The van der Waals surface area contributed by atoms with Crippen molar-refractivity contribution < 1.29 is 9.90 Å². The van der Waals surface area contributed by atoms with E-state index in [9.17, 15) is 9.90 Å². The number of fused-ring (bicyclic) bond motifs is 2. The smallest absolute Gasteiger partial charge is 0.280 e. The largest absolute Gasteiger partial charge is 0.393 e. The van der Waals surface area contributed by atoms with E-state index in [4.69, 9.17) is 9.97 Å². The van der Waals surface area contributed by atoms with Gasteiger partial charge in [0.25, 0.3) is 5.91 Å². The second-order valence-electron chi connectivity index (χ2n) is 13.1. The molecule has 1 aromatic carbocycles. The van der Waals surface area contributed by atoms with Crippen molar-refractivity contribution in [1.29, 1.82) is 0 Å². The summed E-state index contributed by atoms with van der Waals surface area (Å²) in [5.74, 6) is 0.470. The SMILES string of the molecule is Cn1nccc1-c1ccc([C@@H](CCN2CCC(O)CC2)NC(=O)c2nc3cc4c(nc3s2)CC[C@H](C(C)(C)C)C4)cc1. The molecule has 2 atom stereocenters. The zero-order chi connectivity index (χ0) is 29.4. The number of thiazole rings is 1. The highest BCUT2D eigenvalue weighted by molar-refractivity contribution is 7.19. The van der Waals surface area contributed by atoms with Crippen molar-refractivity contribution in [3.63, 3.8) is 0 Å². The maximum Gasteiger partial charge on any atom is 0.280 e. The number of hydrogen-bond donors (Lipinski definition) is 2. The fraction of sp³-hybridized carbons (Fsp3) is 0.515. The fourth-order valence-electron chi connectivity index (χ4n) is 6.39. The number of carbonyl (C=O) groups is 1. The topological polar surface area (TPSA) is 96.2 Å². The molecule has 1 amide bonds. The number of nitrogens with zero attached hydrogens (tertiary/aromatic N) is 5. The van der Waals surface area contributed by atoms with Crippen LogP contribution in [-0.2, 0) is 19.9 Å². The molecule has 4 aromatic rings. The fourth-order valence-corrected chi connectivity index (χ4v) is 7.23. The molecule has 0 spiro atoms. The molecule has 4 heterocycles. The number of nitrogens with one attached hydrogen (secondary N) is 1. The Hall–Kier alpha value is -3.14. The Morgan fingerprint density at radius 1 is 1.12 bits per heavy atom. The van der Waals surface area contributed by atoms with Gasteiger partial charge in [-0.3, -0.25) is 9.48 Å². The zero-order valence-corrected chi connectivity index (χ0v) is 26.0. The van der Waals surface area contributed by atoms with Crippen molar-refractivity contribution in [3.05, 3.63) is 64.4 Å². The summed E-state index contributed by atoms with van der Waals surface area (Å²) in [4.78, 5) is 26.6. The lowest BCUT2D eigenvalue weighted by Gasteiger charge is -2.34. The first-order chi connectivity index (χ1) is 20.1. The molecule has 1 saturated heterocycles. The number of aryl methyl sites for hydroxylation is 2. The first kappa shape index (κ1) is 29.0. The summed E-state index contributed by atoms with van der Waals surface area (Å²) < 4.78 is 1.86. The quantitative estimate of drug-likeness (QED) is 0.294. The van der Waals surface area contributed by atoms with Crippen LogP contribution in [0.4, 0.5) is 0 Å². The van der Waals surface area contributed by atoms with Crippen molar-refractivity contribution >= 4 is 27.6 Å². The van der Waals surface area contributed by atoms with E-state index in [0.717, 1.165) is 91.0 Å². The molecule has 222 valence electrons. The van der Waals surface area contributed by atoms with Gasteiger partial charge in [0.05, 0.1) is 17.8 Å². The summed E-state index contributed by atoms with van der Waals surface area (Å²) in [6, 6.07) is 12.4. The summed E-state index contributed by atoms with van der Waals surface area (Å²) in [6.07, 6.45) is 7.13. The second kappa shape index (κ2) is 11.9. The van der Waals surface area contributed by atoms with Gasteiger partial charge < -0.3 is 15.3 Å². The molecule has 2 N–H and O–H groups in total. The van der Waals surface area contributed by atoms with Crippen LogP contribution < -0.4 is 5.32 Å². The molecule has 0 saturated carbocycles. The Morgan fingerprint density at radius 2 is 1.88 bits per heavy atom. The summed E-state index contributed by atoms with van der Waals surface area (Å²) in [5.41, 5.74) is 6.73. The number of rotatable bonds is 7. The maximum atomic E-state index is 13.6. The van der Waals surface area contributed by atoms with Crippen LogP contribution in [0.2, 0.25) is 0 Å². The zero-order valence-electron chi connectivity index (χ0n) is 25.1. The Balaban J connectivity index is 1.21. The third-order valence-corrected chi connectivity index (χ3v) is 10.2. The minimum Gasteiger partial charge on any atom is -0.393 e. The Labute approximate surface area is 252 Å². The molecule has 42 heavy (non-hydrogen) atoms. The molecule has 2 aliphatic rings. The number of likely N-dealkylation sites (tertiary alicyclic amines) is 1. The molecule has 1 aliphatic carbocycles. The van der Waals surface area contributed by atoms with Crippen LogP contribution in [0.15, 0.2) is 42.6 Å². The van der Waals surface area contributed by atoms with Crippen LogP contribution in [0.3, 0.4) is 0 Å². The van der Waals surface area contributed by atoms with Crippen molar-refractivity contribution in [2.75, 3.05) is 19.6 Å². The molecule has 0 radical (unpaired) electrons. The van der Waals surface area contributed by atoms with Crippen LogP contribution >= 0.6 is 11.3 Å². The molecule has 6 rings (SSSR count). The van der Waals surface area contributed by atoms with Gasteiger partial charge >= 0.3 is 0 Å². The van der Waals surface area contributed by atoms with Crippen LogP contribution in [0, 0.1) is 11.3 Å². The van der Waals surface area contributed by atoms with Crippen molar-refractivity contribution in [2.24, 2.45) is 18.4 Å². The third kappa shape index (κ3) is 6.28. The maximum absolute atomic E-state index is 13.6. The lowest BCUT2D eigenvalue weighted by atomic mass is 9.71. The van der Waals surface area contributed by atoms with Gasteiger partial charge in [-0.15, -0.1) is 0 Å². The predicted molar refractivity (Wildman–Crippen MR) is 168 cm³/mol. The van der Waals surface area contributed by atoms with Crippen LogP contribution in [0.25, 0.3) is 21.6 Å². The number of benzene rings is 1. The summed E-state index contributed by atoms with van der Waals surface area (Å²) in [6.45, 7) is 9.56. The van der Waals surface area contributed by atoms with E-state index in [2.05, 4.69) is 66.4 Å². The van der Waals surface area contributed by atoms with Crippen molar-refractivity contribution in [3.8, 4) is 11.3 Å². The van der Waals surface area contributed by atoms with E-state index < -0.39 is 0 Å². The Kier molecular flexibility index (Phi) is 8.18. The van der Waals surface area contributed by atoms with Crippen molar-refractivity contribution in [1.82, 2.24) is 30.0 Å². The minimum absolute atomic E-state index is 0.154. The normalized spacial score (nSPS) is 19.1. The molecule has 1 aliphatic heterocycles. The summed E-state index contributed by atoms with van der Waals surface area (Å²) in [7, 11) is 1.94. The first-order valence-corrected chi connectivity index (χ1v) is 16.0. The molecule has 0 bridgehead atoms. The average molecular weight is 587 g/mol. The average Bonchev–Trinajstić information content (AvgIpc) is 3.59. The van der Waals surface area contributed by atoms with Crippen LogP contribution in [0.5, 0.6) is 0 Å². The van der Waals surface area contributed by atoms with Crippen LogP contribution in [0.1, 0.15) is 79.1 Å². The molecule has 8 nitrogen and oxygen atoms in total. The van der Waals surface area contributed by atoms with Gasteiger partial charge in [0.2, 0.25) is 0 Å². The molecule has 9 heteroatoms. The minimum atomic E-state index is -0.200. The number of aliphatic hydroxyl groups excluding tert-OH is 1. The van der Waals surface area contributed by atoms with E-state index in [1.165, 1.54) is 16.9 Å². The van der Waals surface area contributed by atoms with Gasteiger partial charge in [-0.25, -0.2) is 9.97 Å². The van der Waals surface area contributed by atoms with E-state index in [-0.39, 0.29) is 23.5 Å². The monoisotopic (exact) mass is 586 g/mol. The standard InChI is InChI=1S/C33H42N6O2S/c1-33(2,3)24-9-10-26-23(19-24)20-28-31(36-26)42-32(37-28)30(41)35-27(14-18-39-16-12-25(40)13-17-39)21-5-7-22(8-6-21)29-11-15-34-38(29)4/h5-8,11,15,20,24-25,27,40H,9-10,12-14,16-19H2,1-4H3,(H,35,41)/t24-,27+/m0/s1. The summed E-state index contributed by atoms with van der Waals surface area (Å²) >= 11 is 1.39. The number of amides is 1. The van der Waals surface area contributed by atoms with Gasteiger partial charge in [-0.1, -0.05) is 56.4 Å². The third-order valence-electron chi connectivity index (χ3n) is 9.19. The number of aromatic nitrogens is 4. The lowest BCUT2D eigenvalue weighted by molar-refractivity contribution is 0.0795. The highest BCUT2D eigenvalue weighted by Gasteiger charge is 2.30. The highest BCUT2D eigenvalue weighted by atomic mass is 32.1. The summed E-state index contributed by atoms with van der Waals surface area (Å²) in [5, 5.41) is 18.0. The lowest BCUT2D eigenvalue weighted by Crippen LogP contribution is -2.38. The predicted octanol–water partition coefficient (Wildman–Crippen LogP) is 5.56. The number of hydrogen-bond acceptors (Lipinski definition) is 7. The van der Waals surface area contributed by atoms with Gasteiger partial charge in [0, 0.05) is 38.6 Å². The van der Waals surface area contributed by atoms with E-state index in [1.54, 1.807) is 6.20 Å². The Bertz CT molecular complexity index is 1550. The first-order valence-electron chi connectivity index (χ1n) is 15.2. The molecule has 1 fully saturated rings. The van der Waals surface area contributed by atoms with Gasteiger partial charge in [0.15, 0.2) is 5.01 Å².